The highest BCUT2D eigenvalue weighted by molar-refractivity contribution is 5.76. The predicted octanol–water partition coefficient (Wildman–Crippen LogP) is 2.12. The van der Waals surface area contributed by atoms with Gasteiger partial charge in [-0.3, -0.25) is 9.59 Å². The normalized spacial score (nSPS) is 23.0. The van der Waals surface area contributed by atoms with Gasteiger partial charge in [0.2, 0.25) is 5.91 Å². The number of hydrogen-bond acceptors (Lipinski definition) is 4. The topological polar surface area (TPSA) is 58.4 Å². The molecule has 0 spiro atoms. The lowest BCUT2D eigenvalue weighted by molar-refractivity contribution is -0.133. The number of piperidine rings is 2. The fourth-order valence-electron chi connectivity index (χ4n) is 4.19. The van der Waals surface area contributed by atoms with Gasteiger partial charge in [-0.1, -0.05) is 20.8 Å². The fraction of sp³-hybridized carbons (Fsp3) is 0.762. The van der Waals surface area contributed by atoms with Crippen molar-refractivity contribution in [3.8, 4) is 0 Å². The number of likely N-dealkylation sites (tertiary alicyclic amines) is 2. The lowest BCUT2D eigenvalue weighted by Gasteiger charge is -2.37. The van der Waals surface area contributed by atoms with Gasteiger partial charge in [0.1, 0.15) is 0 Å². The van der Waals surface area contributed by atoms with Crippen LogP contribution in [0.5, 0.6) is 0 Å². The van der Waals surface area contributed by atoms with E-state index in [0.717, 1.165) is 57.7 Å². The quantitative estimate of drug-likeness (QED) is 0.810. The van der Waals surface area contributed by atoms with E-state index in [9.17, 15) is 9.59 Å². The molecule has 1 aromatic rings. The van der Waals surface area contributed by atoms with Crippen LogP contribution in [-0.2, 0) is 16.8 Å². The van der Waals surface area contributed by atoms with Gasteiger partial charge in [-0.25, -0.2) is 4.68 Å². The molecule has 0 aliphatic carbocycles. The number of aromatic nitrogens is 2. The van der Waals surface area contributed by atoms with Crippen molar-refractivity contribution in [2.24, 2.45) is 11.8 Å². The molecule has 1 amide bonds. The zero-order valence-corrected chi connectivity index (χ0v) is 17.3. The van der Waals surface area contributed by atoms with E-state index < -0.39 is 0 Å². The standard InChI is InChI=1S/C21H34N4O2/c1-21(2,3)18-6-8-20(27)25(22-18)15-16-9-11-24(12-10-16)14-17-5-7-19(26)23(4)13-17/h6,8,16-17H,5,7,9-15H2,1-4H3. The first-order valence-electron chi connectivity index (χ1n) is 10.3. The molecule has 2 saturated heterocycles. The smallest absolute Gasteiger partial charge is 0.266 e. The molecule has 6 heteroatoms. The highest BCUT2D eigenvalue weighted by Crippen LogP contribution is 2.23. The Bertz CT molecular complexity index is 714. The molecule has 1 unspecified atom stereocenters. The molecule has 2 fully saturated rings. The van der Waals surface area contributed by atoms with Gasteiger partial charge in [-0.2, -0.15) is 5.10 Å². The second-order valence-electron chi connectivity index (χ2n) is 9.41. The van der Waals surface area contributed by atoms with E-state index in [2.05, 4.69) is 30.8 Å². The van der Waals surface area contributed by atoms with Crippen molar-refractivity contribution >= 4 is 5.91 Å². The van der Waals surface area contributed by atoms with Crippen molar-refractivity contribution in [1.82, 2.24) is 19.6 Å². The van der Waals surface area contributed by atoms with Crippen LogP contribution in [0.2, 0.25) is 0 Å². The van der Waals surface area contributed by atoms with E-state index in [0.29, 0.717) is 18.3 Å². The number of carbonyl (C=O) groups is 1. The lowest BCUT2D eigenvalue weighted by atomic mass is 9.92. The Morgan fingerprint density at radius 3 is 2.37 bits per heavy atom. The second-order valence-corrected chi connectivity index (χ2v) is 9.41. The zero-order chi connectivity index (χ0) is 19.6. The molecule has 150 valence electrons. The Balaban J connectivity index is 1.51. The summed E-state index contributed by atoms with van der Waals surface area (Å²) in [5.74, 6) is 1.38. The summed E-state index contributed by atoms with van der Waals surface area (Å²) in [6, 6.07) is 3.51. The van der Waals surface area contributed by atoms with Crippen LogP contribution in [-0.4, -0.2) is 58.7 Å². The van der Waals surface area contributed by atoms with Crippen LogP contribution < -0.4 is 5.56 Å². The minimum Gasteiger partial charge on any atom is -0.345 e. The van der Waals surface area contributed by atoms with Gasteiger partial charge in [-0.05, 0) is 50.3 Å². The number of nitrogens with zero attached hydrogens (tertiary/aromatic N) is 4. The van der Waals surface area contributed by atoms with Crippen LogP contribution in [0.1, 0.15) is 52.1 Å². The first-order valence-corrected chi connectivity index (χ1v) is 10.3. The van der Waals surface area contributed by atoms with E-state index in [-0.39, 0.29) is 16.9 Å². The van der Waals surface area contributed by atoms with Crippen LogP contribution in [0.3, 0.4) is 0 Å². The van der Waals surface area contributed by atoms with Gasteiger partial charge in [0, 0.05) is 44.6 Å². The maximum atomic E-state index is 12.2. The van der Waals surface area contributed by atoms with E-state index >= 15 is 0 Å². The van der Waals surface area contributed by atoms with Crippen LogP contribution in [0.15, 0.2) is 16.9 Å². The van der Waals surface area contributed by atoms with Crippen LogP contribution in [0, 0.1) is 11.8 Å². The summed E-state index contributed by atoms with van der Waals surface area (Å²) in [4.78, 5) is 28.3. The van der Waals surface area contributed by atoms with Crippen molar-refractivity contribution in [2.45, 2.75) is 58.4 Å². The van der Waals surface area contributed by atoms with Gasteiger partial charge < -0.3 is 9.80 Å². The van der Waals surface area contributed by atoms with Crippen molar-refractivity contribution in [2.75, 3.05) is 33.2 Å². The number of carbonyl (C=O) groups excluding carboxylic acids is 1. The molecule has 2 aliphatic heterocycles. The van der Waals surface area contributed by atoms with Crippen LogP contribution in [0.4, 0.5) is 0 Å². The van der Waals surface area contributed by atoms with Gasteiger partial charge in [0.15, 0.2) is 0 Å². The maximum absolute atomic E-state index is 12.2. The average Bonchev–Trinajstić information content (AvgIpc) is 2.61. The summed E-state index contributed by atoms with van der Waals surface area (Å²) in [5, 5.41) is 4.62. The molecule has 1 aromatic heterocycles. The van der Waals surface area contributed by atoms with Gasteiger partial charge in [0.05, 0.1) is 5.69 Å². The fourth-order valence-corrected chi connectivity index (χ4v) is 4.19. The van der Waals surface area contributed by atoms with Gasteiger partial charge in [0.25, 0.3) is 5.56 Å². The summed E-state index contributed by atoms with van der Waals surface area (Å²) in [7, 11) is 1.91. The molecule has 6 nitrogen and oxygen atoms in total. The van der Waals surface area contributed by atoms with Crippen molar-refractivity contribution in [3.05, 3.63) is 28.2 Å². The van der Waals surface area contributed by atoms with E-state index in [1.54, 1.807) is 10.7 Å². The first-order chi connectivity index (χ1) is 12.7. The van der Waals surface area contributed by atoms with Crippen molar-refractivity contribution in [1.29, 1.82) is 0 Å². The molecule has 3 heterocycles. The molecular formula is C21H34N4O2. The Morgan fingerprint density at radius 1 is 1.04 bits per heavy atom. The molecule has 1 atom stereocenters. The highest BCUT2D eigenvalue weighted by Gasteiger charge is 2.27. The molecule has 27 heavy (non-hydrogen) atoms. The molecule has 2 aliphatic rings. The second kappa shape index (κ2) is 8.13. The van der Waals surface area contributed by atoms with Crippen molar-refractivity contribution in [3.63, 3.8) is 0 Å². The van der Waals surface area contributed by atoms with Crippen molar-refractivity contribution < 1.29 is 4.79 Å². The monoisotopic (exact) mass is 374 g/mol. The Labute approximate surface area is 162 Å². The SMILES string of the molecule is CN1CC(CN2CCC(Cn3nc(C(C)(C)C)ccc3=O)CC2)CCC1=O. The number of hydrogen-bond donors (Lipinski definition) is 0. The summed E-state index contributed by atoms with van der Waals surface area (Å²) >= 11 is 0. The minimum absolute atomic E-state index is 0.000314. The molecule has 3 rings (SSSR count). The van der Waals surface area contributed by atoms with Crippen LogP contribution in [0.25, 0.3) is 0 Å². The Hall–Kier alpha value is -1.69. The summed E-state index contributed by atoms with van der Waals surface area (Å²) in [5.41, 5.74) is 0.920. The van der Waals surface area contributed by atoms with E-state index in [1.165, 1.54) is 0 Å². The number of rotatable bonds is 4. The predicted molar refractivity (Wildman–Crippen MR) is 107 cm³/mol. The third-order valence-electron chi connectivity index (χ3n) is 6.01. The zero-order valence-electron chi connectivity index (χ0n) is 17.3. The van der Waals surface area contributed by atoms with Gasteiger partial charge >= 0.3 is 0 Å². The van der Waals surface area contributed by atoms with E-state index in [4.69, 9.17) is 0 Å². The van der Waals surface area contributed by atoms with Gasteiger partial charge in [-0.15, -0.1) is 0 Å². The third-order valence-corrected chi connectivity index (χ3v) is 6.01. The minimum atomic E-state index is -0.0483. The largest absolute Gasteiger partial charge is 0.345 e. The molecule has 0 N–H and O–H groups in total. The third kappa shape index (κ3) is 5.18. The molecule has 0 radical (unpaired) electrons. The Morgan fingerprint density at radius 2 is 1.74 bits per heavy atom. The number of amides is 1. The molecular weight excluding hydrogens is 340 g/mol. The lowest BCUT2D eigenvalue weighted by Crippen LogP contribution is -2.44. The molecule has 0 aromatic carbocycles. The summed E-state index contributed by atoms with van der Waals surface area (Å²) in [6.07, 6.45) is 3.92. The first kappa shape index (κ1) is 20.1. The molecule has 0 saturated carbocycles. The average molecular weight is 375 g/mol. The Kier molecular flexibility index (Phi) is 6.04. The summed E-state index contributed by atoms with van der Waals surface area (Å²) < 4.78 is 1.67. The van der Waals surface area contributed by atoms with E-state index in [1.807, 2.05) is 18.0 Å². The highest BCUT2D eigenvalue weighted by atomic mass is 16.2. The summed E-state index contributed by atoms with van der Waals surface area (Å²) in [6.45, 7) is 11.2. The maximum Gasteiger partial charge on any atom is 0.266 e. The molecule has 0 bridgehead atoms. The van der Waals surface area contributed by atoms with Crippen LogP contribution >= 0.6 is 0 Å².